The van der Waals surface area contributed by atoms with Crippen LogP contribution in [0.25, 0.3) is 0 Å². The smallest absolute Gasteiger partial charge is 0.260 e. The zero-order valence-electron chi connectivity index (χ0n) is 14.4. The first-order valence-electron chi connectivity index (χ1n) is 8.13. The monoisotopic (exact) mass is 318 g/mol. The second kappa shape index (κ2) is 7.49. The van der Waals surface area contributed by atoms with Crippen molar-refractivity contribution in [1.29, 1.82) is 0 Å². The lowest BCUT2D eigenvalue weighted by molar-refractivity contribution is -0.134. The molecular weight excluding hydrogens is 292 g/mol. The second-order valence-corrected chi connectivity index (χ2v) is 6.30. The lowest BCUT2D eigenvalue weighted by Gasteiger charge is -2.32. The number of carbonyl (C=O) groups excluding carboxylic acids is 2. The van der Waals surface area contributed by atoms with Gasteiger partial charge in [0.05, 0.1) is 0 Å². The van der Waals surface area contributed by atoms with Crippen LogP contribution in [0.1, 0.15) is 36.5 Å². The Hall–Kier alpha value is -2.04. The largest absolute Gasteiger partial charge is 0.483 e. The van der Waals surface area contributed by atoms with Gasteiger partial charge in [0.1, 0.15) is 5.75 Å². The van der Waals surface area contributed by atoms with E-state index in [0.29, 0.717) is 13.1 Å². The van der Waals surface area contributed by atoms with E-state index < -0.39 is 0 Å². The molecule has 2 amide bonds. The van der Waals surface area contributed by atoms with E-state index in [1.54, 1.807) is 0 Å². The molecule has 1 heterocycles. The normalized spacial score (nSPS) is 15.4. The molecule has 0 bridgehead atoms. The minimum absolute atomic E-state index is 0.00609. The number of rotatable bonds is 4. The molecule has 1 saturated heterocycles. The highest BCUT2D eigenvalue weighted by Crippen LogP contribution is 2.25. The van der Waals surface area contributed by atoms with Crippen molar-refractivity contribution in [3.63, 3.8) is 0 Å². The molecule has 0 atom stereocenters. The highest BCUT2D eigenvalue weighted by molar-refractivity contribution is 5.78. The Morgan fingerprint density at radius 2 is 1.78 bits per heavy atom. The van der Waals surface area contributed by atoms with Gasteiger partial charge in [0.25, 0.3) is 5.91 Å². The van der Waals surface area contributed by atoms with E-state index in [1.807, 2.05) is 31.7 Å². The van der Waals surface area contributed by atoms with Crippen LogP contribution in [0.2, 0.25) is 0 Å². The predicted octanol–water partition coefficient (Wildman–Crippen LogP) is 2.12. The van der Waals surface area contributed by atoms with E-state index >= 15 is 0 Å². The number of benzene rings is 1. The standard InChI is InChI=1S/C18H26N2O3/c1-12-5-6-13(2)18(14(12)3)23-11-17(22)20-9-7-16(8-10-20)19-15(4)21/h5-6,16H,7-11H2,1-4H3,(H,19,21). The molecule has 0 aliphatic carbocycles. The van der Waals surface area contributed by atoms with Gasteiger partial charge in [-0.2, -0.15) is 0 Å². The summed E-state index contributed by atoms with van der Waals surface area (Å²) >= 11 is 0. The van der Waals surface area contributed by atoms with Crippen LogP contribution >= 0.6 is 0 Å². The molecule has 0 spiro atoms. The maximum Gasteiger partial charge on any atom is 0.260 e. The number of nitrogens with one attached hydrogen (secondary N) is 1. The van der Waals surface area contributed by atoms with E-state index in [1.165, 1.54) is 6.92 Å². The molecule has 0 radical (unpaired) electrons. The third-order valence-electron chi connectivity index (χ3n) is 4.47. The third-order valence-corrected chi connectivity index (χ3v) is 4.47. The van der Waals surface area contributed by atoms with Crippen LogP contribution in [-0.2, 0) is 9.59 Å². The summed E-state index contributed by atoms with van der Waals surface area (Å²) in [7, 11) is 0. The van der Waals surface area contributed by atoms with Crippen LogP contribution in [0.4, 0.5) is 0 Å². The first-order chi connectivity index (χ1) is 10.9. The Balaban J connectivity index is 1.87. The molecule has 1 aromatic rings. The predicted molar refractivity (Wildman–Crippen MR) is 89.6 cm³/mol. The van der Waals surface area contributed by atoms with Crippen molar-refractivity contribution < 1.29 is 14.3 Å². The molecular formula is C18H26N2O3. The van der Waals surface area contributed by atoms with Gasteiger partial charge in [-0.1, -0.05) is 12.1 Å². The second-order valence-electron chi connectivity index (χ2n) is 6.30. The van der Waals surface area contributed by atoms with Crippen molar-refractivity contribution in [1.82, 2.24) is 10.2 Å². The van der Waals surface area contributed by atoms with Gasteiger partial charge in [0.15, 0.2) is 6.61 Å². The highest BCUT2D eigenvalue weighted by atomic mass is 16.5. The zero-order valence-corrected chi connectivity index (χ0v) is 14.4. The van der Waals surface area contributed by atoms with Crippen LogP contribution in [0.5, 0.6) is 5.75 Å². The van der Waals surface area contributed by atoms with Crippen LogP contribution in [0.3, 0.4) is 0 Å². The fraction of sp³-hybridized carbons (Fsp3) is 0.556. The Kier molecular flexibility index (Phi) is 5.64. The molecule has 2 rings (SSSR count). The molecule has 0 aromatic heterocycles. The minimum atomic E-state index is -0.0106. The number of carbonyl (C=O) groups is 2. The van der Waals surface area contributed by atoms with E-state index in [2.05, 4.69) is 11.4 Å². The van der Waals surface area contributed by atoms with Crippen LogP contribution in [-0.4, -0.2) is 42.5 Å². The summed E-state index contributed by atoms with van der Waals surface area (Å²) in [6, 6.07) is 4.26. The van der Waals surface area contributed by atoms with Crippen LogP contribution in [0, 0.1) is 20.8 Å². The number of amides is 2. The Labute approximate surface area is 138 Å². The lowest BCUT2D eigenvalue weighted by Crippen LogP contribution is -2.47. The number of piperidine rings is 1. The van der Waals surface area contributed by atoms with Gasteiger partial charge < -0.3 is 15.0 Å². The van der Waals surface area contributed by atoms with E-state index in [-0.39, 0.29) is 24.5 Å². The summed E-state index contributed by atoms with van der Waals surface area (Å²) in [5.41, 5.74) is 3.29. The van der Waals surface area contributed by atoms with E-state index in [0.717, 1.165) is 35.3 Å². The number of hydrogen-bond acceptors (Lipinski definition) is 3. The van der Waals surface area contributed by atoms with Gasteiger partial charge in [-0.05, 0) is 50.3 Å². The Morgan fingerprint density at radius 1 is 1.17 bits per heavy atom. The maximum atomic E-state index is 12.3. The molecule has 0 saturated carbocycles. The molecule has 1 fully saturated rings. The summed E-state index contributed by atoms with van der Waals surface area (Å²) in [4.78, 5) is 25.2. The van der Waals surface area contributed by atoms with Crippen molar-refractivity contribution in [3.05, 3.63) is 28.8 Å². The summed E-state index contributed by atoms with van der Waals surface area (Å²) < 4.78 is 5.79. The van der Waals surface area contributed by atoms with Crippen molar-refractivity contribution in [2.24, 2.45) is 0 Å². The molecule has 1 N–H and O–H groups in total. The number of ether oxygens (including phenoxy) is 1. The van der Waals surface area contributed by atoms with Gasteiger partial charge in [0, 0.05) is 26.1 Å². The SMILES string of the molecule is CC(=O)NC1CCN(C(=O)COc2c(C)ccc(C)c2C)CC1. The molecule has 1 aliphatic heterocycles. The first kappa shape index (κ1) is 17.3. The molecule has 23 heavy (non-hydrogen) atoms. The third kappa shape index (κ3) is 4.47. The number of nitrogens with zero attached hydrogens (tertiary/aromatic N) is 1. The Morgan fingerprint density at radius 3 is 2.39 bits per heavy atom. The lowest BCUT2D eigenvalue weighted by atomic mass is 10.0. The molecule has 0 unspecified atom stereocenters. The van der Waals surface area contributed by atoms with Crippen LogP contribution in [0.15, 0.2) is 12.1 Å². The van der Waals surface area contributed by atoms with E-state index in [9.17, 15) is 9.59 Å². The molecule has 5 heteroatoms. The fourth-order valence-corrected chi connectivity index (χ4v) is 2.93. The average molecular weight is 318 g/mol. The minimum Gasteiger partial charge on any atom is -0.483 e. The highest BCUT2D eigenvalue weighted by Gasteiger charge is 2.23. The Bertz CT molecular complexity index is 590. The topological polar surface area (TPSA) is 58.6 Å². The van der Waals surface area contributed by atoms with Gasteiger partial charge in [0.2, 0.25) is 5.91 Å². The molecule has 1 aromatic carbocycles. The quantitative estimate of drug-likeness (QED) is 0.925. The summed E-state index contributed by atoms with van der Waals surface area (Å²) in [5.74, 6) is 0.807. The molecule has 5 nitrogen and oxygen atoms in total. The summed E-state index contributed by atoms with van der Waals surface area (Å²) in [6.07, 6.45) is 1.60. The van der Waals surface area contributed by atoms with Crippen molar-refractivity contribution >= 4 is 11.8 Å². The first-order valence-corrected chi connectivity index (χ1v) is 8.13. The van der Waals surface area contributed by atoms with Crippen molar-refractivity contribution in [3.8, 4) is 5.75 Å². The van der Waals surface area contributed by atoms with Crippen molar-refractivity contribution in [2.45, 2.75) is 46.6 Å². The van der Waals surface area contributed by atoms with Gasteiger partial charge in [-0.25, -0.2) is 0 Å². The fourth-order valence-electron chi connectivity index (χ4n) is 2.93. The van der Waals surface area contributed by atoms with Gasteiger partial charge in [-0.3, -0.25) is 9.59 Å². The number of hydrogen-bond donors (Lipinski definition) is 1. The van der Waals surface area contributed by atoms with Gasteiger partial charge >= 0.3 is 0 Å². The number of likely N-dealkylation sites (tertiary alicyclic amines) is 1. The van der Waals surface area contributed by atoms with Crippen LogP contribution < -0.4 is 10.1 Å². The number of aryl methyl sites for hydroxylation is 2. The maximum absolute atomic E-state index is 12.3. The summed E-state index contributed by atoms with van der Waals surface area (Å²) in [6.45, 7) is 8.97. The van der Waals surface area contributed by atoms with E-state index in [4.69, 9.17) is 4.74 Å². The molecule has 1 aliphatic rings. The summed E-state index contributed by atoms with van der Waals surface area (Å²) in [5, 5.41) is 2.91. The average Bonchev–Trinajstić information content (AvgIpc) is 2.51. The van der Waals surface area contributed by atoms with Gasteiger partial charge in [-0.15, -0.1) is 0 Å². The molecule has 126 valence electrons. The zero-order chi connectivity index (χ0) is 17.0. The van der Waals surface area contributed by atoms with Crippen molar-refractivity contribution in [2.75, 3.05) is 19.7 Å².